The third-order valence-electron chi connectivity index (χ3n) is 2.65. The van der Waals surface area contributed by atoms with Crippen molar-refractivity contribution in [3.63, 3.8) is 0 Å². The zero-order chi connectivity index (χ0) is 16.6. The molecule has 0 atom stereocenters. The molecule has 1 amide bonds. The van der Waals surface area contributed by atoms with Gasteiger partial charge < -0.3 is 4.74 Å². The maximum absolute atomic E-state index is 12.3. The summed E-state index contributed by atoms with van der Waals surface area (Å²) in [6.45, 7) is 1.70. The molecule has 23 heavy (non-hydrogen) atoms. The van der Waals surface area contributed by atoms with E-state index in [0.29, 0.717) is 9.97 Å². The lowest BCUT2D eigenvalue weighted by molar-refractivity contribution is 0.206. The highest BCUT2D eigenvalue weighted by atomic mass is 35.5. The molecule has 120 valence electrons. The van der Waals surface area contributed by atoms with Crippen LogP contribution in [0.4, 0.5) is 4.79 Å². The second-order valence-corrected chi connectivity index (χ2v) is 7.45. The molecule has 0 spiro atoms. The number of amides is 1. The van der Waals surface area contributed by atoms with E-state index in [1.54, 1.807) is 29.8 Å². The van der Waals surface area contributed by atoms with Gasteiger partial charge in [0.15, 0.2) is 5.15 Å². The van der Waals surface area contributed by atoms with Gasteiger partial charge in [-0.2, -0.15) is 18.0 Å². The number of ether oxygens (including phenoxy) is 1. The zero-order valence-electron chi connectivity index (χ0n) is 11.6. The standard InChI is InChI=1S/C12H9ClN4O4S2/c1-7-15-17-10(9(13)14-11(17)22-7)23(19,20)16-12(18)21-8-5-3-2-4-6-8/h2-6H,1H3,(H,16,18). The van der Waals surface area contributed by atoms with Crippen LogP contribution in [0.1, 0.15) is 5.01 Å². The fourth-order valence-corrected chi connectivity index (χ4v) is 4.10. The summed E-state index contributed by atoms with van der Waals surface area (Å²) in [4.78, 5) is 16.0. The largest absolute Gasteiger partial charge is 0.426 e. The van der Waals surface area contributed by atoms with Gasteiger partial charge in [0.25, 0.3) is 10.0 Å². The van der Waals surface area contributed by atoms with Crippen molar-refractivity contribution >= 4 is 44.0 Å². The van der Waals surface area contributed by atoms with Gasteiger partial charge in [-0.3, -0.25) is 0 Å². The molecule has 0 aliphatic rings. The second kappa shape index (κ2) is 5.80. The zero-order valence-corrected chi connectivity index (χ0v) is 13.9. The molecule has 11 heteroatoms. The highest BCUT2D eigenvalue weighted by molar-refractivity contribution is 7.90. The number of fused-ring (bicyclic) bond motifs is 1. The lowest BCUT2D eigenvalue weighted by Crippen LogP contribution is -2.34. The highest BCUT2D eigenvalue weighted by Gasteiger charge is 2.29. The molecule has 3 aromatic rings. The van der Waals surface area contributed by atoms with Gasteiger partial charge in [-0.25, -0.2) is 14.5 Å². The molecule has 0 unspecified atom stereocenters. The van der Waals surface area contributed by atoms with Crippen molar-refractivity contribution in [2.45, 2.75) is 11.9 Å². The number of hydrogen-bond acceptors (Lipinski definition) is 7. The summed E-state index contributed by atoms with van der Waals surface area (Å²) in [5, 5.41) is 3.92. The number of carbonyl (C=O) groups excluding carboxylic acids is 1. The van der Waals surface area contributed by atoms with Crippen LogP contribution < -0.4 is 9.46 Å². The number of para-hydroxylation sites is 1. The van der Waals surface area contributed by atoms with Crippen LogP contribution in [-0.4, -0.2) is 29.1 Å². The molecule has 2 heterocycles. The van der Waals surface area contributed by atoms with Crippen molar-refractivity contribution in [2.24, 2.45) is 0 Å². The Hall–Kier alpha value is -2.17. The smallest absolute Gasteiger partial charge is 0.410 e. The summed E-state index contributed by atoms with van der Waals surface area (Å²) in [5.41, 5.74) is 0. The quantitative estimate of drug-likeness (QED) is 0.756. The molecule has 2 aromatic heterocycles. The molecule has 0 saturated carbocycles. The number of halogens is 1. The Morgan fingerprint density at radius 3 is 2.74 bits per heavy atom. The lowest BCUT2D eigenvalue weighted by Gasteiger charge is -2.06. The van der Waals surface area contributed by atoms with E-state index in [9.17, 15) is 13.2 Å². The number of sulfonamides is 1. The Morgan fingerprint density at radius 2 is 2.04 bits per heavy atom. The van der Waals surface area contributed by atoms with Crippen LogP contribution in [0.3, 0.4) is 0 Å². The van der Waals surface area contributed by atoms with Gasteiger partial charge in [0.05, 0.1) is 0 Å². The first kappa shape index (κ1) is 15.7. The minimum Gasteiger partial charge on any atom is -0.410 e. The van der Waals surface area contributed by atoms with Gasteiger partial charge in [0.2, 0.25) is 9.99 Å². The molecule has 0 saturated heterocycles. The Bertz CT molecular complexity index is 981. The van der Waals surface area contributed by atoms with Crippen molar-refractivity contribution in [3.05, 3.63) is 40.5 Å². The van der Waals surface area contributed by atoms with Crippen molar-refractivity contribution in [1.82, 2.24) is 19.3 Å². The number of nitrogens with zero attached hydrogens (tertiary/aromatic N) is 3. The van der Waals surface area contributed by atoms with Crippen LogP contribution in [0.2, 0.25) is 5.15 Å². The van der Waals surface area contributed by atoms with E-state index in [1.807, 2.05) is 0 Å². The fraction of sp³-hybridized carbons (Fsp3) is 0.0833. The van der Waals surface area contributed by atoms with Gasteiger partial charge >= 0.3 is 6.09 Å². The minimum atomic E-state index is -4.29. The Labute approximate surface area is 139 Å². The molecule has 1 N–H and O–H groups in total. The van der Waals surface area contributed by atoms with Crippen LogP contribution in [0.25, 0.3) is 4.96 Å². The summed E-state index contributed by atoms with van der Waals surface area (Å²) >= 11 is 7.03. The van der Waals surface area contributed by atoms with Crippen LogP contribution in [0, 0.1) is 6.92 Å². The van der Waals surface area contributed by atoms with E-state index in [2.05, 4.69) is 10.1 Å². The van der Waals surface area contributed by atoms with Gasteiger partial charge in [-0.15, -0.1) is 0 Å². The van der Waals surface area contributed by atoms with Crippen LogP contribution >= 0.6 is 22.9 Å². The monoisotopic (exact) mass is 372 g/mol. The van der Waals surface area contributed by atoms with Crippen molar-refractivity contribution in [1.29, 1.82) is 0 Å². The number of rotatable bonds is 3. The maximum atomic E-state index is 12.3. The van der Waals surface area contributed by atoms with Crippen molar-refractivity contribution < 1.29 is 17.9 Å². The average molecular weight is 373 g/mol. The molecule has 3 rings (SSSR count). The average Bonchev–Trinajstić information content (AvgIpc) is 2.92. The molecule has 8 nitrogen and oxygen atoms in total. The first-order chi connectivity index (χ1) is 10.9. The summed E-state index contributed by atoms with van der Waals surface area (Å²) in [5.74, 6) is 0.203. The van der Waals surface area contributed by atoms with Gasteiger partial charge in [0, 0.05) is 0 Å². The number of aromatic nitrogens is 3. The summed E-state index contributed by atoms with van der Waals surface area (Å²) < 4.78 is 32.4. The number of benzene rings is 1. The Morgan fingerprint density at radius 1 is 1.35 bits per heavy atom. The first-order valence-electron chi connectivity index (χ1n) is 6.18. The normalized spacial score (nSPS) is 11.6. The summed E-state index contributed by atoms with van der Waals surface area (Å²) in [7, 11) is -4.29. The number of aryl methyl sites for hydroxylation is 1. The van der Waals surface area contributed by atoms with Crippen LogP contribution in [0.15, 0.2) is 35.4 Å². The predicted octanol–water partition coefficient (Wildman–Crippen LogP) is 2.23. The van der Waals surface area contributed by atoms with Crippen LogP contribution in [-0.2, 0) is 10.0 Å². The highest BCUT2D eigenvalue weighted by Crippen LogP contribution is 2.25. The molecular formula is C12H9ClN4O4S2. The molecule has 0 aliphatic carbocycles. The second-order valence-electron chi connectivity index (χ2n) is 4.33. The molecule has 0 aliphatic heterocycles. The number of hydrogen-bond donors (Lipinski definition) is 1. The Balaban J connectivity index is 1.88. The lowest BCUT2D eigenvalue weighted by atomic mass is 10.3. The number of carbonyl (C=O) groups is 1. The van der Waals surface area contributed by atoms with E-state index in [-0.39, 0.29) is 10.9 Å². The fourth-order valence-electron chi connectivity index (χ4n) is 1.80. The Kier molecular flexibility index (Phi) is 3.96. The molecular weight excluding hydrogens is 364 g/mol. The van der Waals surface area contributed by atoms with Gasteiger partial charge in [0.1, 0.15) is 10.8 Å². The maximum Gasteiger partial charge on any atom is 0.426 e. The molecule has 1 aromatic carbocycles. The molecule has 0 radical (unpaired) electrons. The number of imidazole rings is 1. The predicted molar refractivity (Wildman–Crippen MR) is 83.4 cm³/mol. The third-order valence-corrected chi connectivity index (χ3v) is 5.16. The molecule has 0 fully saturated rings. The van der Waals surface area contributed by atoms with Gasteiger partial charge in [-0.1, -0.05) is 41.1 Å². The van der Waals surface area contributed by atoms with Crippen LogP contribution in [0.5, 0.6) is 5.75 Å². The summed E-state index contributed by atoms with van der Waals surface area (Å²) in [6.07, 6.45) is -1.16. The van der Waals surface area contributed by atoms with Crippen molar-refractivity contribution in [3.8, 4) is 5.75 Å². The van der Waals surface area contributed by atoms with E-state index in [4.69, 9.17) is 16.3 Å². The van der Waals surface area contributed by atoms with E-state index in [0.717, 1.165) is 4.52 Å². The van der Waals surface area contributed by atoms with Gasteiger partial charge in [-0.05, 0) is 19.1 Å². The third kappa shape index (κ3) is 3.14. The van der Waals surface area contributed by atoms with Crippen molar-refractivity contribution in [2.75, 3.05) is 0 Å². The van der Waals surface area contributed by atoms with E-state index in [1.165, 1.54) is 23.5 Å². The summed E-state index contributed by atoms with van der Waals surface area (Å²) in [6, 6.07) is 8.05. The minimum absolute atomic E-state index is 0.203. The first-order valence-corrected chi connectivity index (χ1v) is 8.86. The number of nitrogens with one attached hydrogen (secondary N) is 1. The van der Waals surface area contributed by atoms with E-state index < -0.39 is 21.1 Å². The SMILES string of the molecule is Cc1nn2c(S(=O)(=O)NC(=O)Oc3ccccc3)c(Cl)nc2s1. The molecule has 0 bridgehead atoms. The van der Waals surface area contributed by atoms with E-state index >= 15 is 0 Å². The topological polar surface area (TPSA) is 103 Å².